The second-order valence-corrected chi connectivity index (χ2v) is 4.02. The van der Waals surface area contributed by atoms with Crippen molar-refractivity contribution < 1.29 is 4.42 Å². The first-order valence-electron chi connectivity index (χ1n) is 5.64. The van der Waals surface area contributed by atoms with Crippen molar-refractivity contribution in [1.29, 1.82) is 0 Å². The molecule has 0 fully saturated rings. The normalized spacial score (nSPS) is 10.9. The Labute approximate surface area is 99.7 Å². The van der Waals surface area contributed by atoms with Crippen molar-refractivity contribution in [3.05, 3.63) is 60.6 Å². The van der Waals surface area contributed by atoms with Crippen molar-refractivity contribution in [1.82, 2.24) is 0 Å². The standard InChI is InChI=1S/C15H13NO/c16-10-15-14(7-8-17-15)13-6-5-11-3-1-2-4-12(11)9-13/h1-9H,10,16H2. The van der Waals surface area contributed by atoms with E-state index in [4.69, 9.17) is 10.2 Å². The molecule has 2 heteroatoms. The van der Waals surface area contributed by atoms with Gasteiger partial charge < -0.3 is 10.2 Å². The Hall–Kier alpha value is -2.06. The van der Waals surface area contributed by atoms with Crippen LogP contribution < -0.4 is 5.73 Å². The highest BCUT2D eigenvalue weighted by molar-refractivity contribution is 5.87. The van der Waals surface area contributed by atoms with Crippen LogP contribution in [0.1, 0.15) is 5.76 Å². The van der Waals surface area contributed by atoms with Crippen molar-refractivity contribution in [3.8, 4) is 11.1 Å². The largest absolute Gasteiger partial charge is 0.467 e. The predicted octanol–water partition coefficient (Wildman–Crippen LogP) is 3.56. The van der Waals surface area contributed by atoms with Gasteiger partial charge in [0.25, 0.3) is 0 Å². The molecule has 0 bridgehead atoms. The van der Waals surface area contributed by atoms with E-state index in [1.54, 1.807) is 6.26 Å². The van der Waals surface area contributed by atoms with Crippen molar-refractivity contribution in [2.24, 2.45) is 5.73 Å². The lowest BCUT2D eigenvalue weighted by molar-refractivity contribution is 0.513. The lowest BCUT2D eigenvalue weighted by Crippen LogP contribution is -1.95. The third-order valence-corrected chi connectivity index (χ3v) is 2.99. The molecule has 1 heterocycles. The summed E-state index contributed by atoms with van der Waals surface area (Å²) in [7, 11) is 0. The van der Waals surface area contributed by atoms with Gasteiger partial charge >= 0.3 is 0 Å². The third kappa shape index (κ3) is 1.73. The van der Waals surface area contributed by atoms with E-state index < -0.39 is 0 Å². The molecule has 0 atom stereocenters. The smallest absolute Gasteiger partial charge is 0.125 e. The molecule has 3 aromatic rings. The molecule has 0 spiro atoms. The highest BCUT2D eigenvalue weighted by Gasteiger charge is 2.07. The monoisotopic (exact) mass is 223 g/mol. The molecule has 0 saturated carbocycles. The van der Waals surface area contributed by atoms with Crippen molar-refractivity contribution in [2.75, 3.05) is 0 Å². The second kappa shape index (κ2) is 4.07. The lowest BCUT2D eigenvalue weighted by Gasteiger charge is -2.03. The molecular formula is C15H13NO. The van der Waals surface area contributed by atoms with E-state index in [0.717, 1.165) is 16.9 Å². The fraction of sp³-hybridized carbons (Fsp3) is 0.0667. The van der Waals surface area contributed by atoms with Crippen LogP contribution in [0.15, 0.2) is 59.2 Å². The molecule has 3 rings (SSSR count). The molecule has 2 nitrogen and oxygen atoms in total. The van der Waals surface area contributed by atoms with E-state index in [1.807, 2.05) is 18.2 Å². The number of furan rings is 1. The van der Waals surface area contributed by atoms with Gasteiger partial charge in [0.05, 0.1) is 12.8 Å². The van der Waals surface area contributed by atoms with Crippen LogP contribution >= 0.6 is 0 Å². The summed E-state index contributed by atoms with van der Waals surface area (Å²) in [5.41, 5.74) is 7.88. The molecule has 84 valence electrons. The van der Waals surface area contributed by atoms with E-state index in [0.29, 0.717) is 6.54 Å². The first kappa shape index (κ1) is 10.1. The molecule has 0 unspecified atom stereocenters. The van der Waals surface area contributed by atoms with Gasteiger partial charge in [0.2, 0.25) is 0 Å². The quantitative estimate of drug-likeness (QED) is 0.721. The van der Waals surface area contributed by atoms with E-state index in [-0.39, 0.29) is 0 Å². The minimum atomic E-state index is 0.426. The SMILES string of the molecule is NCc1occc1-c1ccc2ccccc2c1. The summed E-state index contributed by atoms with van der Waals surface area (Å²) in [6, 6.07) is 16.7. The number of rotatable bonds is 2. The average molecular weight is 223 g/mol. The zero-order valence-electron chi connectivity index (χ0n) is 9.39. The van der Waals surface area contributed by atoms with Crippen molar-refractivity contribution in [2.45, 2.75) is 6.54 Å². The number of fused-ring (bicyclic) bond motifs is 1. The predicted molar refractivity (Wildman–Crippen MR) is 69.5 cm³/mol. The Balaban J connectivity index is 2.18. The molecule has 2 N–H and O–H groups in total. The van der Waals surface area contributed by atoms with Gasteiger partial charge in [-0.15, -0.1) is 0 Å². The Morgan fingerprint density at radius 3 is 2.59 bits per heavy atom. The summed E-state index contributed by atoms with van der Waals surface area (Å²) in [5.74, 6) is 0.834. The topological polar surface area (TPSA) is 39.2 Å². The van der Waals surface area contributed by atoms with Crippen LogP contribution in [0.3, 0.4) is 0 Å². The minimum Gasteiger partial charge on any atom is -0.467 e. The summed E-state index contributed by atoms with van der Waals surface area (Å²) >= 11 is 0. The fourth-order valence-electron chi connectivity index (χ4n) is 2.11. The van der Waals surface area contributed by atoms with Crippen LogP contribution in [0.4, 0.5) is 0 Å². The summed E-state index contributed by atoms with van der Waals surface area (Å²) in [4.78, 5) is 0. The second-order valence-electron chi connectivity index (χ2n) is 4.02. The molecule has 1 aromatic heterocycles. The lowest BCUT2D eigenvalue weighted by atomic mass is 10.0. The maximum Gasteiger partial charge on any atom is 0.125 e. The van der Waals surface area contributed by atoms with E-state index in [2.05, 4.69) is 30.3 Å². The van der Waals surface area contributed by atoms with Gasteiger partial charge in [0, 0.05) is 5.56 Å². The molecule has 0 amide bonds. The van der Waals surface area contributed by atoms with Gasteiger partial charge in [-0.3, -0.25) is 0 Å². The molecule has 0 saturated heterocycles. The molecule has 17 heavy (non-hydrogen) atoms. The average Bonchev–Trinajstić information content (AvgIpc) is 2.86. The Morgan fingerprint density at radius 1 is 0.941 bits per heavy atom. The van der Waals surface area contributed by atoms with Crippen molar-refractivity contribution >= 4 is 10.8 Å². The van der Waals surface area contributed by atoms with E-state index in [1.165, 1.54) is 10.8 Å². The summed E-state index contributed by atoms with van der Waals surface area (Å²) in [6.07, 6.45) is 1.69. The molecule has 2 aromatic carbocycles. The van der Waals surface area contributed by atoms with Crippen LogP contribution in [-0.4, -0.2) is 0 Å². The number of benzene rings is 2. The van der Waals surface area contributed by atoms with Gasteiger partial charge in [-0.25, -0.2) is 0 Å². The molecule has 0 aliphatic carbocycles. The molecule has 0 radical (unpaired) electrons. The summed E-state index contributed by atoms with van der Waals surface area (Å²) < 4.78 is 5.36. The van der Waals surface area contributed by atoms with Crippen LogP contribution in [0.25, 0.3) is 21.9 Å². The maximum absolute atomic E-state index is 5.65. The number of hydrogen-bond acceptors (Lipinski definition) is 2. The first-order valence-corrected chi connectivity index (χ1v) is 5.64. The first-order chi connectivity index (χ1) is 8.38. The highest BCUT2D eigenvalue weighted by atomic mass is 16.3. The van der Waals surface area contributed by atoms with Gasteiger partial charge in [0.15, 0.2) is 0 Å². The van der Waals surface area contributed by atoms with Gasteiger partial charge in [-0.05, 0) is 28.5 Å². The van der Waals surface area contributed by atoms with Crippen LogP contribution in [0.5, 0.6) is 0 Å². The molecular weight excluding hydrogens is 210 g/mol. The molecule has 0 aliphatic heterocycles. The van der Waals surface area contributed by atoms with E-state index in [9.17, 15) is 0 Å². The van der Waals surface area contributed by atoms with Crippen LogP contribution in [0.2, 0.25) is 0 Å². The highest BCUT2D eigenvalue weighted by Crippen LogP contribution is 2.27. The minimum absolute atomic E-state index is 0.426. The summed E-state index contributed by atoms with van der Waals surface area (Å²) in [6.45, 7) is 0.426. The van der Waals surface area contributed by atoms with Gasteiger partial charge in [-0.1, -0.05) is 36.4 Å². The van der Waals surface area contributed by atoms with Gasteiger partial charge in [-0.2, -0.15) is 0 Å². The zero-order chi connectivity index (χ0) is 11.7. The zero-order valence-corrected chi connectivity index (χ0v) is 9.39. The Kier molecular flexibility index (Phi) is 2.42. The van der Waals surface area contributed by atoms with Crippen LogP contribution in [0, 0.1) is 0 Å². The fourth-order valence-corrected chi connectivity index (χ4v) is 2.11. The summed E-state index contributed by atoms with van der Waals surface area (Å²) in [5, 5.41) is 2.48. The Morgan fingerprint density at radius 2 is 1.76 bits per heavy atom. The number of nitrogens with two attached hydrogens (primary N) is 1. The van der Waals surface area contributed by atoms with Crippen molar-refractivity contribution in [3.63, 3.8) is 0 Å². The Bertz CT molecular complexity index is 655. The number of hydrogen-bond donors (Lipinski definition) is 1. The maximum atomic E-state index is 5.65. The van der Waals surface area contributed by atoms with Gasteiger partial charge in [0.1, 0.15) is 5.76 Å². The van der Waals surface area contributed by atoms with E-state index >= 15 is 0 Å². The van der Waals surface area contributed by atoms with Crippen LogP contribution in [-0.2, 0) is 6.54 Å². The third-order valence-electron chi connectivity index (χ3n) is 2.99. The molecule has 0 aliphatic rings.